The number of carbonyl (C=O) groups is 2. The molecule has 2 amide bonds. The minimum absolute atomic E-state index is 0.157. The first-order valence-electron chi connectivity index (χ1n) is 7.60. The largest absolute Gasteiger partial charge is 0.383 e. The summed E-state index contributed by atoms with van der Waals surface area (Å²) in [5.74, 6) is 1.89. The minimum Gasteiger partial charge on any atom is -0.383 e. The van der Waals surface area contributed by atoms with Crippen LogP contribution in [0.2, 0.25) is 0 Å². The maximum absolute atomic E-state index is 12.2. The lowest BCUT2D eigenvalue weighted by atomic mass is 10.1. The summed E-state index contributed by atoms with van der Waals surface area (Å²) in [6.07, 6.45) is 0.391. The molecule has 0 aromatic heterocycles. The standard InChI is InChI=1S/C16H23N3O3S/c1-22-11-14(17)16(21)18-13-4-2-12(3-5-13)10-15(20)19-6-8-23-9-7-19/h2-5,14H,6-11,17H2,1H3,(H,18,21). The average Bonchev–Trinajstić information content (AvgIpc) is 2.57. The van der Waals surface area contributed by atoms with Crippen LogP contribution in [0.15, 0.2) is 24.3 Å². The van der Waals surface area contributed by atoms with E-state index in [1.54, 1.807) is 12.1 Å². The van der Waals surface area contributed by atoms with Crippen LogP contribution in [0.3, 0.4) is 0 Å². The fraction of sp³-hybridized carbons (Fsp3) is 0.500. The molecule has 0 radical (unpaired) electrons. The lowest BCUT2D eigenvalue weighted by Gasteiger charge is -2.26. The number of nitrogens with one attached hydrogen (secondary N) is 1. The lowest BCUT2D eigenvalue weighted by Crippen LogP contribution is -2.39. The van der Waals surface area contributed by atoms with Crippen LogP contribution in [0, 0.1) is 0 Å². The van der Waals surface area contributed by atoms with Crippen molar-refractivity contribution in [1.29, 1.82) is 0 Å². The summed E-state index contributed by atoms with van der Waals surface area (Å²) in [5.41, 5.74) is 7.26. The van der Waals surface area contributed by atoms with Crippen molar-refractivity contribution in [1.82, 2.24) is 4.90 Å². The number of benzene rings is 1. The molecule has 0 saturated carbocycles. The van der Waals surface area contributed by atoms with E-state index in [0.29, 0.717) is 12.1 Å². The molecular weight excluding hydrogens is 314 g/mol. The van der Waals surface area contributed by atoms with Crippen molar-refractivity contribution in [3.8, 4) is 0 Å². The predicted octanol–water partition coefficient (Wildman–Crippen LogP) is 0.717. The fourth-order valence-corrected chi connectivity index (χ4v) is 3.20. The highest BCUT2D eigenvalue weighted by Gasteiger charge is 2.17. The Kier molecular flexibility index (Phi) is 6.88. The summed E-state index contributed by atoms with van der Waals surface area (Å²) >= 11 is 1.88. The molecule has 0 spiro atoms. The summed E-state index contributed by atoms with van der Waals surface area (Å²) in [6.45, 7) is 1.83. The highest BCUT2D eigenvalue weighted by atomic mass is 32.2. The number of anilines is 1. The second kappa shape index (κ2) is 8.90. The Labute approximate surface area is 140 Å². The summed E-state index contributed by atoms with van der Waals surface area (Å²) in [6, 6.07) is 6.58. The van der Waals surface area contributed by atoms with Crippen LogP contribution in [0.25, 0.3) is 0 Å². The molecule has 6 nitrogen and oxygen atoms in total. The molecule has 23 heavy (non-hydrogen) atoms. The van der Waals surface area contributed by atoms with Gasteiger partial charge in [-0.2, -0.15) is 11.8 Å². The third-order valence-corrected chi connectivity index (χ3v) is 4.57. The number of thioether (sulfide) groups is 1. The van der Waals surface area contributed by atoms with E-state index in [9.17, 15) is 9.59 Å². The Bertz CT molecular complexity index is 530. The monoisotopic (exact) mass is 337 g/mol. The van der Waals surface area contributed by atoms with E-state index in [0.717, 1.165) is 30.2 Å². The normalized spacial score (nSPS) is 16.0. The number of methoxy groups -OCH3 is 1. The van der Waals surface area contributed by atoms with E-state index < -0.39 is 6.04 Å². The molecule has 1 heterocycles. The van der Waals surface area contributed by atoms with Crippen LogP contribution in [0.1, 0.15) is 5.56 Å². The first kappa shape index (κ1) is 17.8. The zero-order valence-electron chi connectivity index (χ0n) is 13.3. The van der Waals surface area contributed by atoms with Gasteiger partial charge in [-0.05, 0) is 17.7 Å². The summed E-state index contributed by atoms with van der Waals surface area (Å²) in [5, 5.41) is 2.73. The van der Waals surface area contributed by atoms with E-state index in [1.807, 2.05) is 28.8 Å². The molecule has 1 aliphatic rings. The molecular formula is C16H23N3O3S. The van der Waals surface area contributed by atoms with E-state index >= 15 is 0 Å². The molecule has 0 aliphatic carbocycles. The van der Waals surface area contributed by atoms with Crippen molar-refractivity contribution >= 4 is 29.3 Å². The summed E-state index contributed by atoms with van der Waals surface area (Å²) in [4.78, 5) is 25.9. The SMILES string of the molecule is COCC(N)C(=O)Nc1ccc(CC(=O)N2CCSCC2)cc1. The molecule has 2 rings (SSSR count). The number of nitrogens with zero attached hydrogens (tertiary/aromatic N) is 1. The second-order valence-electron chi connectivity index (χ2n) is 5.42. The Morgan fingerprint density at radius 2 is 1.96 bits per heavy atom. The third-order valence-electron chi connectivity index (χ3n) is 3.62. The van der Waals surface area contributed by atoms with Gasteiger partial charge in [-0.15, -0.1) is 0 Å². The van der Waals surface area contributed by atoms with Crippen molar-refractivity contribution in [3.05, 3.63) is 29.8 Å². The Morgan fingerprint density at radius 1 is 1.30 bits per heavy atom. The molecule has 1 unspecified atom stereocenters. The fourth-order valence-electron chi connectivity index (χ4n) is 2.30. The van der Waals surface area contributed by atoms with Gasteiger partial charge in [0.05, 0.1) is 13.0 Å². The third kappa shape index (κ3) is 5.53. The van der Waals surface area contributed by atoms with Gasteiger partial charge < -0.3 is 20.7 Å². The van der Waals surface area contributed by atoms with Crippen molar-refractivity contribution in [2.24, 2.45) is 5.73 Å². The van der Waals surface area contributed by atoms with Crippen LogP contribution in [0.5, 0.6) is 0 Å². The molecule has 1 aliphatic heterocycles. The maximum atomic E-state index is 12.2. The van der Waals surface area contributed by atoms with Gasteiger partial charge in [-0.1, -0.05) is 12.1 Å². The minimum atomic E-state index is -0.696. The number of hydrogen-bond acceptors (Lipinski definition) is 5. The van der Waals surface area contributed by atoms with Gasteiger partial charge in [-0.3, -0.25) is 9.59 Å². The highest BCUT2D eigenvalue weighted by Crippen LogP contribution is 2.14. The molecule has 0 bridgehead atoms. The van der Waals surface area contributed by atoms with Crippen LogP contribution in [-0.4, -0.2) is 61.1 Å². The smallest absolute Gasteiger partial charge is 0.243 e. The van der Waals surface area contributed by atoms with E-state index in [-0.39, 0.29) is 18.4 Å². The van der Waals surface area contributed by atoms with Crippen LogP contribution >= 0.6 is 11.8 Å². The molecule has 1 aromatic carbocycles. The van der Waals surface area contributed by atoms with Gasteiger partial charge in [0.2, 0.25) is 11.8 Å². The zero-order chi connectivity index (χ0) is 16.7. The van der Waals surface area contributed by atoms with Gasteiger partial charge in [-0.25, -0.2) is 0 Å². The molecule has 1 aromatic rings. The molecule has 1 atom stereocenters. The van der Waals surface area contributed by atoms with Crippen LogP contribution in [0.4, 0.5) is 5.69 Å². The number of nitrogens with two attached hydrogens (primary N) is 1. The Balaban J connectivity index is 1.86. The van der Waals surface area contributed by atoms with E-state index in [1.165, 1.54) is 7.11 Å². The summed E-state index contributed by atoms with van der Waals surface area (Å²) in [7, 11) is 1.50. The number of carbonyl (C=O) groups excluding carboxylic acids is 2. The maximum Gasteiger partial charge on any atom is 0.243 e. The summed E-state index contributed by atoms with van der Waals surface area (Å²) < 4.78 is 4.85. The van der Waals surface area contributed by atoms with Crippen molar-refractivity contribution in [3.63, 3.8) is 0 Å². The van der Waals surface area contributed by atoms with Gasteiger partial charge >= 0.3 is 0 Å². The predicted molar refractivity (Wildman–Crippen MR) is 92.5 cm³/mol. The number of hydrogen-bond donors (Lipinski definition) is 2. The number of amides is 2. The number of ether oxygens (including phenoxy) is 1. The van der Waals surface area contributed by atoms with E-state index in [4.69, 9.17) is 10.5 Å². The molecule has 3 N–H and O–H groups in total. The van der Waals surface area contributed by atoms with Crippen molar-refractivity contribution in [2.45, 2.75) is 12.5 Å². The van der Waals surface area contributed by atoms with Crippen LogP contribution < -0.4 is 11.1 Å². The molecule has 1 saturated heterocycles. The van der Waals surface area contributed by atoms with Gasteiger partial charge in [0.25, 0.3) is 0 Å². The Hall–Kier alpha value is -1.57. The molecule has 7 heteroatoms. The molecule has 1 fully saturated rings. The van der Waals surface area contributed by atoms with Crippen molar-refractivity contribution in [2.75, 3.05) is 43.6 Å². The molecule has 126 valence electrons. The van der Waals surface area contributed by atoms with Crippen molar-refractivity contribution < 1.29 is 14.3 Å². The van der Waals surface area contributed by atoms with Crippen LogP contribution in [-0.2, 0) is 20.7 Å². The van der Waals surface area contributed by atoms with Gasteiger partial charge in [0.1, 0.15) is 6.04 Å². The first-order chi connectivity index (χ1) is 11.1. The zero-order valence-corrected chi connectivity index (χ0v) is 14.1. The lowest BCUT2D eigenvalue weighted by molar-refractivity contribution is -0.130. The highest BCUT2D eigenvalue weighted by molar-refractivity contribution is 7.99. The topological polar surface area (TPSA) is 84.7 Å². The van der Waals surface area contributed by atoms with Gasteiger partial charge in [0.15, 0.2) is 0 Å². The van der Waals surface area contributed by atoms with E-state index in [2.05, 4.69) is 5.32 Å². The quantitative estimate of drug-likeness (QED) is 0.799. The Morgan fingerprint density at radius 3 is 2.57 bits per heavy atom. The average molecular weight is 337 g/mol. The first-order valence-corrected chi connectivity index (χ1v) is 8.75. The number of rotatable bonds is 6. The second-order valence-corrected chi connectivity index (χ2v) is 6.64. The van der Waals surface area contributed by atoms with Gasteiger partial charge in [0, 0.05) is 37.4 Å².